The van der Waals surface area contributed by atoms with Gasteiger partial charge < -0.3 is 15.3 Å². The van der Waals surface area contributed by atoms with Crippen LogP contribution in [0.1, 0.15) is 63.3 Å². The summed E-state index contributed by atoms with van der Waals surface area (Å²) in [4.78, 5) is 42.7. The molecule has 7 nitrogen and oxygen atoms in total. The Bertz CT molecular complexity index is 1230. The van der Waals surface area contributed by atoms with Crippen LogP contribution in [0.5, 0.6) is 0 Å². The van der Waals surface area contributed by atoms with Gasteiger partial charge in [0, 0.05) is 47.1 Å². The molecule has 0 radical (unpaired) electrons. The summed E-state index contributed by atoms with van der Waals surface area (Å²) in [6.45, 7) is 6.32. The second kappa shape index (κ2) is 8.56. The number of nitrogens with zero attached hydrogens (tertiary/aromatic N) is 2. The smallest absolute Gasteiger partial charge is 0.335 e. The number of carbonyl (C=O) groups is 3. The van der Waals surface area contributed by atoms with E-state index >= 15 is 0 Å². The summed E-state index contributed by atoms with van der Waals surface area (Å²) in [5, 5.41) is 13.2. The van der Waals surface area contributed by atoms with Crippen molar-refractivity contribution in [2.45, 2.75) is 44.8 Å². The van der Waals surface area contributed by atoms with E-state index in [9.17, 15) is 19.5 Å². The lowest BCUT2D eigenvalue weighted by Gasteiger charge is -2.39. The van der Waals surface area contributed by atoms with E-state index in [1.54, 1.807) is 6.08 Å². The summed E-state index contributed by atoms with van der Waals surface area (Å²) in [5.41, 5.74) is 2.37. The van der Waals surface area contributed by atoms with Gasteiger partial charge in [0.2, 0.25) is 0 Å². The van der Waals surface area contributed by atoms with Gasteiger partial charge in [0.05, 0.1) is 11.1 Å². The predicted octanol–water partition coefficient (Wildman–Crippen LogP) is 4.56. The molecule has 1 aliphatic carbocycles. The van der Waals surface area contributed by atoms with Crippen LogP contribution in [0.3, 0.4) is 0 Å². The average Bonchev–Trinajstić information content (AvgIpc) is 2.80. The number of amides is 1. The first-order valence-corrected chi connectivity index (χ1v) is 11.9. The van der Waals surface area contributed by atoms with Gasteiger partial charge in [-0.3, -0.25) is 14.5 Å². The van der Waals surface area contributed by atoms with Crippen LogP contribution in [-0.2, 0) is 0 Å². The van der Waals surface area contributed by atoms with E-state index in [0.717, 1.165) is 31.5 Å². The maximum Gasteiger partial charge on any atom is 0.335 e. The van der Waals surface area contributed by atoms with E-state index in [1.165, 1.54) is 23.1 Å². The van der Waals surface area contributed by atoms with E-state index in [0.29, 0.717) is 22.9 Å². The first kappa shape index (κ1) is 22.6. The first-order valence-electron chi connectivity index (χ1n) is 11.5. The molecule has 1 unspecified atom stereocenters. The minimum atomic E-state index is -1.16. The fourth-order valence-electron chi connectivity index (χ4n) is 5.14. The van der Waals surface area contributed by atoms with E-state index in [2.05, 4.69) is 24.1 Å². The number of carboxylic acid groups (broad SMARTS) is 1. The van der Waals surface area contributed by atoms with Gasteiger partial charge in [-0.2, -0.15) is 0 Å². The lowest BCUT2D eigenvalue weighted by molar-refractivity contribution is 0.0696. The lowest BCUT2D eigenvalue weighted by atomic mass is 9.82. The Labute approximate surface area is 203 Å². The van der Waals surface area contributed by atoms with Crippen molar-refractivity contribution in [3.63, 3.8) is 0 Å². The number of fused-ring (bicyclic) bond motifs is 1. The maximum absolute atomic E-state index is 13.9. The first-order chi connectivity index (χ1) is 16.2. The molecule has 2 heterocycles. The van der Waals surface area contributed by atoms with Gasteiger partial charge in [-0.05, 0) is 56.5 Å². The van der Waals surface area contributed by atoms with E-state index in [-0.39, 0.29) is 34.0 Å². The van der Waals surface area contributed by atoms with Crippen molar-refractivity contribution >= 4 is 46.7 Å². The van der Waals surface area contributed by atoms with Gasteiger partial charge in [-0.15, -0.1) is 0 Å². The zero-order valence-corrected chi connectivity index (χ0v) is 19.8. The summed E-state index contributed by atoms with van der Waals surface area (Å²) >= 11 is 6.17. The highest BCUT2D eigenvalue weighted by Crippen LogP contribution is 2.39. The molecule has 8 heteroatoms. The molecule has 2 N–H and O–H groups in total. The number of hydrogen-bond acceptors (Lipinski definition) is 5. The van der Waals surface area contributed by atoms with Crippen molar-refractivity contribution in [3.8, 4) is 0 Å². The number of anilines is 2. The van der Waals surface area contributed by atoms with Crippen molar-refractivity contribution in [1.82, 2.24) is 4.90 Å². The molecule has 0 spiro atoms. The number of rotatable bonds is 5. The van der Waals surface area contributed by atoms with Gasteiger partial charge in [-0.25, -0.2) is 4.79 Å². The van der Waals surface area contributed by atoms with Crippen LogP contribution in [0.25, 0.3) is 6.08 Å². The topological polar surface area (TPSA) is 90.0 Å². The molecule has 1 fully saturated rings. The van der Waals surface area contributed by atoms with E-state index in [4.69, 9.17) is 11.6 Å². The average molecular weight is 480 g/mol. The number of halogens is 1. The third-order valence-electron chi connectivity index (χ3n) is 6.95. The number of piperidine rings is 1. The number of nitrogens with one attached hydrogen (secondary N) is 1. The number of carbonyl (C=O) groups excluding carboxylic acids is 2. The van der Waals surface area contributed by atoms with Crippen LogP contribution in [0.15, 0.2) is 36.4 Å². The molecule has 5 rings (SSSR count). The molecule has 0 aromatic heterocycles. The second-order valence-electron chi connectivity index (χ2n) is 9.35. The summed E-state index contributed by atoms with van der Waals surface area (Å²) in [7, 11) is 0. The second-order valence-corrected chi connectivity index (χ2v) is 9.78. The molecule has 2 bridgehead atoms. The molecule has 2 aromatic carbocycles. The zero-order valence-electron chi connectivity index (χ0n) is 19.0. The zero-order chi connectivity index (χ0) is 24.1. The molecule has 176 valence electrons. The minimum absolute atomic E-state index is 0.0441. The van der Waals surface area contributed by atoms with Gasteiger partial charge in [0.15, 0.2) is 5.78 Å². The van der Waals surface area contributed by atoms with Crippen LogP contribution in [0.2, 0.25) is 5.02 Å². The van der Waals surface area contributed by atoms with Crippen molar-refractivity contribution in [1.29, 1.82) is 0 Å². The predicted molar refractivity (Wildman–Crippen MR) is 132 cm³/mol. The molecule has 34 heavy (non-hydrogen) atoms. The lowest BCUT2D eigenvalue weighted by Crippen LogP contribution is -2.51. The molecule has 1 saturated heterocycles. The molecule has 1 atom stereocenters. The number of Topliss-reactive ketones (excluding diaryl/α,β-unsaturated/α-hetero) is 1. The van der Waals surface area contributed by atoms with E-state index < -0.39 is 12.0 Å². The Balaban J connectivity index is 1.54. The standard InChI is InChI=1S/C26H26ClN3O4/c1-14(2)29-9-7-18(8-10-29)28-20-5-3-15-4-6-21-24(31)22(15)23(20)25(32)30(21)19-12-16(26(33)34)11-17(27)13-19/h3-6,11-14,18,21,28H,7-10H2,1-2H3,(H,33,34). The largest absolute Gasteiger partial charge is 0.478 e. The molecular formula is C26H26ClN3O4. The summed E-state index contributed by atoms with van der Waals surface area (Å²) in [5.74, 6) is -1.68. The van der Waals surface area contributed by atoms with Crippen molar-refractivity contribution in [2.24, 2.45) is 0 Å². The fraction of sp³-hybridized carbons (Fsp3) is 0.346. The molecule has 3 aliphatic rings. The van der Waals surface area contributed by atoms with Crippen molar-refractivity contribution in [3.05, 3.63) is 63.7 Å². The number of hydrogen-bond donors (Lipinski definition) is 2. The number of ketones is 1. The van der Waals surface area contributed by atoms with Crippen LogP contribution in [-0.4, -0.2) is 58.9 Å². The van der Waals surface area contributed by atoms with Gasteiger partial charge in [0.25, 0.3) is 5.91 Å². The van der Waals surface area contributed by atoms with Gasteiger partial charge >= 0.3 is 5.97 Å². The SMILES string of the molecule is CC(C)N1CCC(Nc2ccc3c4c2C(=O)N(c2cc(Cl)cc(C(=O)O)c2)C(C=C3)C4=O)CC1. The quantitative estimate of drug-likeness (QED) is 0.653. The molecule has 2 aromatic rings. The molecule has 2 aliphatic heterocycles. The van der Waals surface area contributed by atoms with Crippen LogP contribution in [0, 0.1) is 0 Å². The molecular weight excluding hydrogens is 454 g/mol. The Hall–Kier alpha value is -3.16. The highest BCUT2D eigenvalue weighted by Gasteiger charge is 2.43. The van der Waals surface area contributed by atoms with Crippen molar-refractivity contribution < 1.29 is 19.5 Å². The van der Waals surface area contributed by atoms with E-state index in [1.807, 2.05) is 18.2 Å². The number of likely N-dealkylation sites (tertiary alicyclic amines) is 1. The summed E-state index contributed by atoms with van der Waals surface area (Å²) in [6, 6.07) is 7.82. The Kier molecular flexibility index (Phi) is 5.70. The summed E-state index contributed by atoms with van der Waals surface area (Å²) in [6.07, 6.45) is 5.41. The Morgan fingerprint density at radius 3 is 2.53 bits per heavy atom. The highest BCUT2D eigenvalue weighted by molar-refractivity contribution is 6.32. The summed E-state index contributed by atoms with van der Waals surface area (Å²) < 4.78 is 0. The number of aromatic carboxylic acids is 1. The van der Waals surface area contributed by atoms with Gasteiger partial charge in [-0.1, -0.05) is 29.8 Å². The maximum atomic E-state index is 13.9. The van der Waals surface area contributed by atoms with Crippen LogP contribution in [0.4, 0.5) is 11.4 Å². The number of carboxylic acids is 1. The van der Waals surface area contributed by atoms with Crippen molar-refractivity contribution in [2.75, 3.05) is 23.3 Å². The minimum Gasteiger partial charge on any atom is -0.478 e. The third-order valence-corrected chi connectivity index (χ3v) is 7.17. The van der Waals surface area contributed by atoms with Crippen LogP contribution < -0.4 is 10.2 Å². The third kappa shape index (κ3) is 3.79. The molecule has 1 amide bonds. The monoisotopic (exact) mass is 479 g/mol. The van der Waals surface area contributed by atoms with Crippen LogP contribution >= 0.6 is 11.6 Å². The number of benzene rings is 2. The fourth-order valence-corrected chi connectivity index (χ4v) is 5.37. The Morgan fingerprint density at radius 1 is 1.12 bits per heavy atom. The highest BCUT2D eigenvalue weighted by atomic mass is 35.5. The Morgan fingerprint density at radius 2 is 1.85 bits per heavy atom. The van der Waals surface area contributed by atoms with Gasteiger partial charge in [0.1, 0.15) is 6.04 Å². The normalized spacial score (nSPS) is 20.2. The molecule has 0 saturated carbocycles.